The molecule has 2 aliphatic heterocycles. The molecule has 9 heteroatoms. The zero-order valence-electron chi connectivity index (χ0n) is 20.0. The van der Waals surface area contributed by atoms with Crippen molar-refractivity contribution < 1.29 is 27.5 Å². The fourth-order valence-electron chi connectivity index (χ4n) is 5.94. The summed E-state index contributed by atoms with van der Waals surface area (Å²) in [5.41, 5.74) is 1.77. The average molecular weight is 499 g/mol. The highest BCUT2D eigenvalue weighted by Crippen LogP contribution is 2.42. The van der Waals surface area contributed by atoms with Gasteiger partial charge in [0.15, 0.2) is 0 Å². The molecule has 1 amide bonds. The Morgan fingerprint density at radius 1 is 1.03 bits per heavy atom. The predicted octanol–water partition coefficient (Wildman–Crippen LogP) is 3.39. The van der Waals surface area contributed by atoms with Gasteiger partial charge < -0.3 is 14.4 Å². The maximum absolute atomic E-state index is 13.9. The van der Waals surface area contributed by atoms with Gasteiger partial charge in [-0.2, -0.15) is 0 Å². The summed E-state index contributed by atoms with van der Waals surface area (Å²) in [4.78, 5) is 28.2. The number of carbonyl (C=O) groups excluding carboxylic acids is 2. The van der Waals surface area contributed by atoms with E-state index in [1.165, 1.54) is 36.7 Å². The summed E-state index contributed by atoms with van der Waals surface area (Å²) >= 11 is 0. The summed E-state index contributed by atoms with van der Waals surface area (Å²) in [7, 11) is -1.12. The number of benzene rings is 2. The Morgan fingerprint density at radius 2 is 1.80 bits per heavy atom. The Balaban J connectivity index is 1.54. The molecule has 3 unspecified atom stereocenters. The first kappa shape index (κ1) is 23.7. The first-order valence-electron chi connectivity index (χ1n) is 12.1. The Hall–Kier alpha value is -3.07. The molecule has 1 saturated heterocycles. The molecule has 0 N–H and O–H groups in total. The van der Waals surface area contributed by atoms with Crippen molar-refractivity contribution in [1.82, 2.24) is 4.90 Å². The minimum Gasteiger partial charge on any atom is -0.496 e. The van der Waals surface area contributed by atoms with Gasteiger partial charge in [0.25, 0.3) is 15.9 Å². The molecule has 8 nitrogen and oxygen atoms in total. The summed E-state index contributed by atoms with van der Waals surface area (Å²) in [5, 5.41) is 0. The molecule has 0 aromatic heterocycles. The summed E-state index contributed by atoms with van der Waals surface area (Å²) in [5.74, 6) is -0.329. The van der Waals surface area contributed by atoms with Crippen LogP contribution in [0.15, 0.2) is 47.4 Å². The number of para-hydroxylation sites is 1. The summed E-state index contributed by atoms with van der Waals surface area (Å²) < 4.78 is 39.1. The van der Waals surface area contributed by atoms with E-state index < -0.39 is 27.9 Å². The van der Waals surface area contributed by atoms with E-state index >= 15 is 0 Å². The second-order valence-electron chi connectivity index (χ2n) is 9.42. The van der Waals surface area contributed by atoms with Crippen molar-refractivity contribution in [2.24, 2.45) is 5.92 Å². The van der Waals surface area contributed by atoms with Crippen LogP contribution in [0.25, 0.3) is 0 Å². The van der Waals surface area contributed by atoms with Crippen molar-refractivity contribution in [3.63, 3.8) is 0 Å². The van der Waals surface area contributed by atoms with Gasteiger partial charge in [-0.25, -0.2) is 13.2 Å². The third-order valence-corrected chi connectivity index (χ3v) is 9.44. The predicted molar refractivity (Wildman–Crippen MR) is 130 cm³/mol. The average Bonchev–Trinajstić information content (AvgIpc) is 3.50. The van der Waals surface area contributed by atoms with Crippen LogP contribution in [0.4, 0.5) is 5.69 Å². The van der Waals surface area contributed by atoms with Crippen LogP contribution < -0.4 is 9.04 Å². The Labute approximate surface area is 205 Å². The maximum Gasteiger partial charge on any atom is 0.328 e. The number of hydrogen-bond acceptors (Lipinski definition) is 6. The Bertz CT molecular complexity index is 1260. The molecule has 1 aliphatic carbocycles. The molecular formula is C26H30N2O6S. The SMILES string of the molecule is COC(=O)C1CC2CCCCC2N1C(=O)c1cc(S(=O)(=O)N2CCc3ccccc32)ccc1OC. The first-order valence-corrected chi connectivity index (χ1v) is 13.5. The van der Waals surface area contributed by atoms with Gasteiger partial charge in [0.05, 0.1) is 30.4 Å². The van der Waals surface area contributed by atoms with Crippen molar-refractivity contribution in [2.75, 3.05) is 25.1 Å². The van der Waals surface area contributed by atoms with Crippen LogP contribution in [0.2, 0.25) is 0 Å². The standard InChI is InChI=1S/C26H30N2O6S/c1-33-24-12-11-19(35(31,32)27-14-13-17-7-3-5-9-21(17)27)16-20(24)25(29)28-22-10-6-4-8-18(22)15-23(28)26(30)34-2/h3,5,7,9,11-12,16,18,22-23H,4,6,8,10,13-15H2,1-2H3. The van der Waals surface area contributed by atoms with Crippen molar-refractivity contribution >= 4 is 27.6 Å². The van der Waals surface area contributed by atoms with Crippen LogP contribution in [0.1, 0.15) is 48.0 Å². The van der Waals surface area contributed by atoms with Crippen LogP contribution in [-0.2, 0) is 26.0 Å². The molecule has 0 radical (unpaired) electrons. The van der Waals surface area contributed by atoms with Gasteiger partial charge in [-0.1, -0.05) is 31.0 Å². The number of carbonyl (C=O) groups is 2. The van der Waals surface area contributed by atoms with E-state index in [1.807, 2.05) is 18.2 Å². The highest BCUT2D eigenvalue weighted by molar-refractivity contribution is 7.92. The number of fused-ring (bicyclic) bond motifs is 2. The molecule has 2 aromatic rings. The number of rotatable bonds is 5. The number of likely N-dealkylation sites (tertiary alicyclic amines) is 1. The topological polar surface area (TPSA) is 93.2 Å². The smallest absolute Gasteiger partial charge is 0.328 e. The molecule has 2 aromatic carbocycles. The lowest BCUT2D eigenvalue weighted by molar-refractivity contribution is -0.145. The Kier molecular flexibility index (Phi) is 6.21. The Morgan fingerprint density at radius 3 is 2.57 bits per heavy atom. The van der Waals surface area contributed by atoms with E-state index in [0.29, 0.717) is 25.1 Å². The molecule has 3 atom stereocenters. The zero-order valence-corrected chi connectivity index (χ0v) is 20.8. The number of esters is 1. The summed E-state index contributed by atoms with van der Waals surface area (Å²) in [6.45, 7) is 0.345. The summed E-state index contributed by atoms with van der Waals surface area (Å²) in [6.07, 6.45) is 5.03. The van der Waals surface area contributed by atoms with Gasteiger partial charge in [0, 0.05) is 12.6 Å². The van der Waals surface area contributed by atoms with Crippen LogP contribution in [-0.4, -0.2) is 58.0 Å². The van der Waals surface area contributed by atoms with Crippen molar-refractivity contribution in [3.05, 3.63) is 53.6 Å². The van der Waals surface area contributed by atoms with Crippen LogP contribution >= 0.6 is 0 Å². The van der Waals surface area contributed by atoms with E-state index in [9.17, 15) is 18.0 Å². The highest BCUT2D eigenvalue weighted by Gasteiger charge is 2.48. The van der Waals surface area contributed by atoms with Gasteiger partial charge in [-0.15, -0.1) is 0 Å². The van der Waals surface area contributed by atoms with Crippen LogP contribution in [0.3, 0.4) is 0 Å². The van der Waals surface area contributed by atoms with E-state index in [2.05, 4.69) is 0 Å². The lowest BCUT2D eigenvalue weighted by Gasteiger charge is -2.33. The van der Waals surface area contributed by atoms with Crippen molar-refractivity contribution in [2.45, 2.75) is 55.5 Å². The number of anilines is 1. The zero-order chi connectivity index (χ0) is 24.7. The number of ether oxygens (including phenoxy) is 2. The van der Waals surface area contributed by atoms with Gasteiger partial charge in [-0.3, -0.25) is 9.10 Å². The second-order valence-corrected chi connectivity index (χ2v) is 11.3. The van der Waals surface area contributed by atoms with E-state index in [4.69, 9.17) is 9.47 Å². The molecule has 3 aliphatic rings. The minimum absolute atomic E-state index is 0.0207. The van der Waals surface area contributed by atoms with E-state index in [0.717, 1.165) is 31.2 Å². The summed E-state index contributed by atoms with van der Waals surface area (Å²) in [6, 6.07) is 11.1. The van der Waals surface area contributed by atoms with Gasteiger partial charge in [0.2, 0.25) is 0 Å². The van der Waals surface area contributed by atoms with Crippen LogP contribution in [0.5, 0.6) is 5.75 Å². The second kappa shape index (κ2) is 9.18. The molecule has 5 rings (SSSR count). The van der Waals surface area contributed by atoms with Crippen LogP contribution in [0, 0.1) is 5.92 Å². The fraction of sp³-hybridized carbons (Fsp3) is 0.462. The molecule has 2 fully saturated rings. The fourth-order valence-corrected chi connectivity index (χ4v) is 7.47. The molecule has 1 saturated carbocycles. The molecule has 0 spiro atoms. The largest absolute Gasteiger partial charge is 0.496 e. The maximum atomic E-state index is 13.9. The first-order chi connectivity index (χ1) is 16.9. The minimum atomic E-state index is -3.90. The van der Waals surface area contributed by atoms with Crippen molar-refractivity contribution in [1.29, 1.82) is 0 Å². The molecule has 2 heterocycles. The molecule has 0 bridgehead atoms. The lowest BCUT2D eigenvalue weighted by atomic mass is 9.84. The lowest BCUT2D eigenvalue weighted by Crippen LogP contribution is -2.46. The monoisotopic (exact) mass is 498 g/mol. The van der Waals surface area contributed by atoms with E-state index in [-0.39, 0.29) is 28.2 Å². The number of methoxy groups -OCH3 is 2. The number of nitrogens with zero attached hydrogens (tertiary/aromatic N) is 2. The van der Waals surface area contributed by atoms with Gasteiger partial charge in [-0.05, 0) is 61.4 Å². The van der Waals surface area contributed by atoms with Gasteiger partial charge >= 0.3 is 5.97 Å². The third-order valence-electron chi connectivity index (χ3n) is 7.63. The number of hydrogen-bond donors (Lipinski definition) is 0. The van der Waals surface area contributed by atoms with Gasteiger partial charge in [0.1, 0.15) is 11.8 Å². The highest BCUT2D eigenvalue weighted by atomic mass is 32.2. The quantitative estimate of drug-likeness (QED) is 0.587. The molecule has 35 heavy (non-hydrogen) atoms. The third kappa shape index (κ3) is 3.95. The normalized spacial score (nSPS) is 23.5. The van der Waals surface area contributed by atoms with Crippen molar-refractivity contribution in [3.8, 4) is 5.75 Å². The number of amides is 1. The molecule has 186 valence electrons. The van der Waals surface area contributed by atoms with E-state index in [1.54, 1.807) is 11.0 Å². The number of sulfonamides is 1. The molecular weight excluding hydrogens is 468 g/mol.